The van der Waals surface area contributed by atoms with Gasteiger partial charge in [0.25, 0.3) is 0 Å². The van der Waals surface area contributed by atoms with Crippen LogP contribution in [0.4, 0.5) is 4.79 Å². The van der Waals surface area contributed by atoms with E-state index in [9.17, 15) is 14.7 Å². The normalized spacial score (nSPS) is 13.3. The number of amides is 1. The summed E-state index contributed by atoms with van der Waals surface area (Å²) in [7, 11) is 1.74. The van der Waals surface area contributed by atoms with Crippen molar-refractivity contribution in [2.75, 3.05) is 13.6 Å². The van der Waals surface area contributed by atoms with Gasteiger partial charge in [-0.05, 0) is 71.0 Å². The van der Waals surface area contributed by atoms with Crippen LogP contribution < -0.4 is 0 Å². The summed E-state index contributed by atoms with van der Waals surface area (Å²) in [6, 6.07) is 17.3. The number of nitrogens with zero attached hydrogens (tertiary/aromatic N) is 1. The van der Waals surface area contributed by atoms with E-state index in [1.165, 1.54) is 0 Å². The third kappa shape index (κ3) is 7.52. The summed E-state index contributed by atoms with van der Waals surface area (Å²) in [5.41, 5.74) is 0.682. The largest absolute Gasteiger partial charge is 0.481 e. The highest BCUT2D eigenvalue weighted by Gasteiger charge is 2.35. The van der Waals surface area contributed by atoms with E-state index in [0.717, 1.165) is 27.5 Å². The van der Waals surface area contributed by atoms with Crippen molar-refractivity contribution in [2.24, 2.45) is 5.41 Å². The molecule has 2 rings (SSSR count). The van der Waals surface area contributed by atoms with E-state index in [2.05, 4.69) is 36.4 Å². The number of aliphatic carboxylic acids is 1. The number of hydrogen-bond donors (Lipinski definition) is 1. The smallest absolute Gasteiger partial charge is 0.409 e. The quantitative estimate of drug-likeness (QED) is 0.372. The number of carbonyl (C=O) groups is 2. The van der Waals surface area contributed by atoms with Crippen molar-refractivity contribution in [1.29, 1.82) is 0 Å². The maximum absolute atomic E-state index is 12.4. The number of ether oxygens (including phenoxy) is 1. The third-order valence-electron chi connectivity index (χ3n) is 5.65. The van der Waals surface area contributed by atoms with E-state index in [4.69, 9.17) is 4.74 Å². The molecule has 0 saturated heterocycles. The molecule has 31 heavy (non-hydrogen) atoms. The fourth-order valence-corrected chi connectivity index (χ4v) is 4.29. The molecule has 0 unspecified atom stereocenters. The van der Waals surface area contributed by atoms with Crippen LogP contribution in [0.1, 0.15) is 51.2 Å². The van der Waals surface area contributed by atoms with E-state index in [1.807, 2.05) is 54.6 Å². The first-order chi connectivity index (χ1) is 14.5. The maximum Gasteiger partial charge on any atom is 0.409 e. The van der Waals surface area contributed by atoms with E-state index in [1.54, 1.807) is 18.9 Å². The molecule has 0 aliphatic carbocycles. The maximum atomic E-state index is 12.4. The molecule has 0 aromatic heterocycles. The first-order valence-corrected chi connectivity index (χ1v) is 11.5. The minimum Gasteiger partial charge on any atom is -0.481 e. The summed E-state index contributed by atoms with van der Waals surface area (Å²) in [6.45, 7) is 6.76. The average Bonchev–Trinajstić information content (AvgIpc) is 2.72. The molecule has 1 N–H and O–H groups in total. The molecule has 2 aromatic rings. The number of halogens is 1. The topological polar surface area (TPSA) is 66.8 Å². The fourth-order valence-electron chi connectivity index (χ4n) is 3.74. The van der Waals surface area contributed by atoms with Gasteiger partial charge in [-0.3, -0.25) is 4.79 Å². The number of hydrogen-bond acceptors (Lipinski definition) is 3. The monoisotopic (exact) mass is 537 g/mol. The number of carboxylic acid groups (broad SMARTS) is 1. The van der Waals surface area contributed by atoms with E-state index >= 15 is 0 Å². The van der Waals surface area contributed by atoms with Crippen LogP contribution in [0, 0.1) is 8.99 Å². The van der Waals surface area contributed by atoms with Gasteiger partial charge in [-0.25, -0.2) is 4.79 Å². The molecule has 1 atom stereocenters. The Morgan fingerprint density at radius 1 is 1.03 bits per heavy atom. The van der Waals surface area contributed by atoms with Crippen LogP contribution in [0.25, 0.3) is 0 Å². The lowest BCUT2D eigenvalue weighted by molar-refractivity contribution is -0.143. The minimum absolute atomic E-state index is 0.162. The summed E-state index contributed by atoms with van der Waals surface area (Å²) >= 11 is 2.21. The van der Waals surface area contributed by atoms with Gasteiger partial charge >= 0.3 is 12.1 Å². The SMILES string of the molecule is CN(CC(C)(C)CCC[C@@](C)(C(=O)O)c1cccc(I)c1)C(=O)OCc1ccccc1. The molecule has 0 spiro atoms. The van der Waals surface area contributed by atoms with Gasteiger partial charge in [0.15, 0.2) is 0 Å². The number of carbonyl (C=O) groups excluding carboxylic acids is 1. The van der Waals surface area contributed by atoms with E-state index in [0.29, 0.717) is 13.0 Å². The predicted molar refractivity (Wildman–Crippen MR) is 131 cm³/mol. The Kier molecular flexibility index (Phi) is 8.91. The Bertz CT molecular complexity index is 884. The molecular weight excluding hydrogens is 505 g/mol. The van der Waals surface area contributed by atoms with Crippen LogP contribution in [0.5, 0.6) is 0 Å². The van der Waals surface area contributed by atoms with Gasteiger partial charge in [-0.1, -0.05) is 62.7 Å². The van der Waals surface area contributed by atoms with Crippen molar-refractivity contribution in [1.82, 2.24) is 4.90 Å². The molecule has 0 aliphatic rings. The summed E-state index contributed by atoms with van der Waals surface area (Å²) in [4.78, 5) is 26.0. The Morgan fingerprint density at radius 2 is 1.71 bits per heavy atom. The molecular formula is C25H32INO4. The van der Waals surface area contributed by atoms with Crippen molar-refractivity contribution in [3.63, 3.8) is 0 Å². The molecule has 0 bridgehead atoms. The van der Waals surface area contributed by atoms with Gasteiger partial charge in [0.2, 0.25) is 0 Å². The minimum atomic E-state index is -0.933. The van der Waals surface area contributed by atoms with Gasteiger partial charge in [0.1, 0.15) is 6.61 Å². The Morgan fingerprint density at radius 3 is 2.32 bits per heavy atom. The first kappa shape index (κ1) is 25.2. The zero-order valence-corrected chi connectivity index (χ0v) is 20.9. The molecule has 6 heteroatoms. The number of rotatable bonds is 10. The van der Waals surface area contributed by atoms with Crippen LogP contribution >= 0.6 is 22.6 Å². The summed E-state index contributed by atoms with van der Waals surface area (Å²) in [6.07, 6.45) is 1.73. The molecule has 5 nitrogen and oxygen atoms in total. The van der Waals surface area contributed by atoms with E-state index < -0.39 is 11.4 Å². The highest BCUT2D eigenvalue weighted by atomic mass is 127. The Labute approximate surface area is 198 Å². The van der Waals surface area contributed by atoms with Gasteiger partial charge in [-0.2, -0.15) is 0 Å². The lowest BCUT2D eigenvalue weighted by atomic mass is 9.76. The summed E-state index contributed by atoms with van der Waals surface area (Å²) in [5, 5.41) is 9.91. The molecule has 0 heterocycles. The standard InChI is InChI=1S/C25H32INO4/c1-24(2,18-27(4)23(30)31-17-19-10-6-5-7-11-19)14-9-15-25(3,22(28)29)20-12-8-13-21(26)16-20/h5-8,10-13,16H,9,14-15,17-18H2,1-4H3,(H,28,29)/t25-/m1/s1. The number of benzene rings is 2. The van der Waals surface area contributed by atoms with Crippen molar-refractivity contribution in [2.45, 2.75) is 52.1 Å². The molecule has 0 radical (unpaired) electrons. The van der Waals surface area contributed by atoms with Crippen LogP contribution in [0.3, 0.4) is 0 Å². The van der Waals surface area contributed by atoms with Crippen LogP contribution in [0.2, 0.25) is 0 Å². The summed E-state index contributed by atoms with van der Waals surface area (Å²) in [5.74, 6) is -0.811. The number of carboxylic acids is 1. The van der Waals surface area contributed by atoms with Gasteiger partial charge in [0.05, 0.1) is 5.41 Å². The van der Waals surface area contributed by atoms with Gasteiger partial charge in [-0.15, -0.1) is 0 Å². The second-order valence-electron chi connectivity index (χ2n) is 9.06. The average molecular weight is 537 g/mol. The zero-order valence-electron chi connectivity index (χ0n) is 18.7. The Hall–Kier alpha value is -2.09. The second kappa shape index (κ2) is 11.0. The Balaban J connectivity index is 1.89. The van der Waals surface area contributed by atoms with Crippen molar-refractivity contribution in [3.8, 4) is 0 Å². The molecule has 168 valence electrons. The zero-order chi connectivity index (χ0) is 23.1. The summed E-state index contributed by atoms with van der Waals surface area (Å²) < 4.78 is 6.43. The molecule has 0 fully saturated rings. The third-order valence-corrected chi connectivity index (χ3v) is 6.32. The first-order valence-electron chi connectivity index (χ1n) is 10.4. The molecule has 1 amide bonds. The second-order valence-corrected chi connectivity index (χ2v) is 10.3. The van der Waals surface area contributed by atoms with Crippen LogP contribution in [-0.4, -0.2) is 35.7 Å². The van der Waals surface area contributed by atoms with Crippen molar-refractivity contribution >= 4 is 34.7 Å². The lowest BCUT2D eigenvalue weighted by Crippen LogP contribution is -2.37. The highest BCUT2D eigenvalue weighted by molar-refractivity contribution is 14.1. The molecule has 0 aliphatic heterocycles. The lowest BCUT2D eigenvalue weighted by Gasteiger charge is -2.32. The van der Waals surface area contributed by atoms with Crippen LogP contribution in [0.15, 0.2) is 54.6 Å². The predicted octanol–water partition coefficient (Wildman–Crippen LogP) is 6.10. The molecule has 2 aromatic carbocycles. The van der Waals surface area contributed by atoms with E-state index in [-0.39, 0.29) is 18.1 Å². The fraction of sp³-hybridized carbons (Fsp3) is 0.440. The van der Waals surface area contributed by atoms with Gasteiger partial charge < -0.3 is 14.7 Å². The molecule has 0 saturated carbocycles. The van der Waals surface area contributed by atoms with Gasteiger partial charge in [0, 0.05) is 17.2 Å². The highest BCUT2D eigenvalue weighted by Crippen LogP contribution is 2.34. The van der Waals surface area contributed by atoms with Crippen molar-refractivity contribution < 1.29 is 19.4 Å². The van der Waals surface area contributed by atoms with Crippen LogP contribution in [-0.2, 0) is 21.6 Å². The van der Waals surface area contributed by atoms with Crippen molar-refractivity contribution in [3.05, 3.63) is 69.3 Å².